The molecule has 1 heterocycles. The molecule has 0 aliphatic rings. The molecule has 8 heteroatoms. The molecule has 29 heavy (non-hydrogen) atoms. The van der Waals surface area contributed by atoms with Crippen molar-refractivity contribution in [1.82, 2.24) is 9.97 Å². The van der Waals surface area contributed by atoms with Crippen LogP contribution in [0.2, 0.25) is 5.02 Å². The molecule has 3 rings (SSSR count). The molecule has 2 N–H and O–H groups in total. The number of aromatic nitrogens is 2. The lowest BCUT2D eigenvalue weighted by atomic mass is 9.87. The van der Waals surface area contributed by atoms with Crippen LogP contribution < -0.4 is 10.6 Å². The van der Waals surface area contributed by atoms with Crippen molar-refractivity contribution in [3.8, 4) is 0 Å². The number of nitrogens with zero attached hydrogens (tertiary/aromatic N) is 2. The molecule has 0 fully saturated rings. The Balaban J connectivity index is 1.95. The third-order valence-electron chi connectivity index (χ3n) is 4.19. The van der Waals surface area contributed by atoms with Gasteiger partial charge in [0.1, 0.15) is 11.4 Å². The summed E-state index contributed by atoms with van der Waals surface area (Å²) in [5, 5.41) is 6.22. The molecular weight excluding hydrogens is 401 g/mol. The van der Waals surface area contributed by atoms with Crippen molar-refractivity contribution >= 4 is 34.7 Å². The van der Waals surface area contributed by atoms with Crippen LogP contribution in [0.4, 0.5) is 36.3 Å². The zero-order chi connectivity index (χ0) is 21.2. The molecule has 0 amide bonds. The standard InChI is InChI=1S/C21H20ClF3N4/c1-20(2,3)13-5-4-6-16(11-13)27-18-17(21(23,24)25)12-26-19(29-18)28-15-9-7-14(22)8-10-15/h4-12H,1-3H3,(H2,26,27,28,29). The SMILES string of the molecule is CC(C)(C)c1cccc(Nc2nc(Nc3ccc(Cl)cc3)ncc2C(F)(F)F)c1. The number of hydrogen-bond donors (Lipinski definition) is 2. The summed E-state index contributed by atoms with van der Waals surface area (Å²) in [6.07, 6.45) is -3.83. The van der Waals surface area contributed by atoms with Crippen molar-refractivity contribution < 1.29 is 13.2 Å². The van der Waals surface area contributed by atoms with Crippen LogP contribution in [0.15, 0.2) is 54.7 Å². The lowest BCUT2D eigenvalue weighted by molar-refractivity contribution is -0.137. The van der Waals surface area contributed by atoms with Gasteiger partial charge in [0.25, 0.3) is 0 Å². The fourth-order valence-electron chi connectivity index (χ4n) is 2.61. The van der Waals surface area contributed by atoms with Gasteiger partial charge in [0.05, 0.1) is 0 Å². The summed E-state index contributed by atoms with van der Waals surface area (Å²) in [5.74, 6) is -0.287. The second-order valence-electron chi connectivity index (χ2n) is 7.54. The highest BCUT2D eigenvalue weighted by Crippen LogP contribution is 2.36. The van der Waals surface area contributed by atoms with E-state index in [0.717, 1.165) is 11.8 Å². The summed E-state index contributed by atoms with van der Waals surface area (Å²) in [5.41, 5.74) is 1.02. The van der Waals surface area contributed by atoms with E-state index in [1.807, 2.05) is 32.9 Å². The fourth-order valence-corrected chi connectivity index (χ4v) is 2.73. The molecule has 0 atom stereocenters. The molecule has 152 valence electrons. The van der Waals surface area contributed by atoms with Gasteiger partial charge < -0.3 is 10.6 Å². The van der Waals surface area contributed by atoms with Crippen LogP contribution in [0.5, 0.6) is 0 Å². The minimum atomic E-state index is -4.59. The summed E-state index contributed by atoms with van der Waals surface area (Å²) in [6.45, 7) is 6.10. The molecule has 0 unspecified atom stereocenters. The van der Waals surface area contributed by atoms with Crippen LogP contribution in [-0.2, 0) is 11.6 Å². The van der Waals surface area contributed by atoms with Gasteiger partial charge in [-0.1, -0.05) is 44.5 Å². The highest BCUT2D eigenvalue weighted by molar-refractivity contribution is 6.30. The normalized spacial score (nSPS) is 12.0. The van der Waals surface area contributed by atoms with E-state index in [1.54, 1.807) is 36.4 Å². The van der Waals surface area contributed by atoms with Gasteiger partial charge in [-0.05, 0) is 47.4 Å². The average Bonchev–Trinajstić information content (AvgIpc) is 2.62. The molecule has 0 saturated carbocycles. The summed E-state index contributed by atoms with van der Waals surface area (Å²) in [4.78, 5) is 7.86. The van der Waals surface area contributed by atoms with E-state index in [4.69, 9.17) is 11.6 Å². The van der Waals surface area contributed by atoms with Crippen molar-refractivity contribution in [1.29, 1.82) is 0 Å². The zero-order valence-corrected chi connectivity index (χ0v) is 16.9. The Hall–Kier alpha value is -2.80. The predicted molar refractivity (Wildman–Crippen MR) is 110 cm³/mol. The van der Waals surface area contributed by atoms with Crippen molar-refractivity contribution in [3.05, 3.63) is 70.9 Å². The molecule has 0 radical (unpaired) electrons. The Labute approximate surface area is 172 Å². The Kier molecular flexibility index (Phi) is 5.71. The van der Waals surface area contributed by atoms with Crippen LogP contribution in [0.1, 0.15) is 31.9 Å². The average molecular weight is 421 g/mol. The number of alkyl halides is 3. The molecular formula is C21H20ClF3N4. The van der Waals surface area contributed by atoms with Gasteiger partial charge in [-0.15, -0.1) is 0 Å². The highest BCUT2D eigenvalue weighted by atomic mass is 35.5. The van der Waals surface area contributed by atoms with E-state index in [2.05, 4.69) is 20.6 Å². The Morgan fingerprint density at radius 1 is 0.897 bits per heavy atom. The van der Waals surface area contributed by atoms with E-state index in [1.165, 1.54) is 0 Å². The van der Waals surface area contributed by atoms with Crippen molar-refractivity contribution in [3.63, 3.8) is 0 Å². The maximum absolute atomic E-state index is 13.5. The Morgan fingerprint density at radius 2 is 1.59 bits per heavy atom. The minimum absolute atomic E-state index is 0.0369. The number of nitrogens with one attached hydrogen (secondary N) is 2. The molecule has 0 saturated heterocycles. The van der Waals surface area contributed by atoms with E-state index in [-0.39, 0.29) is 17.2 Å². The van der Waals surface area contributed by atoms with Crippen molar-refractivity contribution in [2.24, 2.45) is 0 Å². The summed E-state index contributed by atoms with van der Waals surface area (Å²) in [7, 11) is 0. The van der Waals surface area contributed by atoms with Crippen LogP contribution >= 0.6 is 11.6 Å². The molecule has 0 aliphatic carbocycles. The van der Waals surface area contributed by atoms with Gasteiger partial charge in [0.2, 0.25) is 5.95 Å². The number of halogens is 4. The molecule has 1 aromatic heterocycles. The first-order chi connectivity index (χ1) is 13.5. The maximum atomic E-state index is 13.5. The Bertz CT molecular complexity index is 996. The lowest BCUT2D eigenvalue weighted by Crippen LogP contribution is -2.14. The van der Waals surface area contributed by atoms with Gasteiger partial charge in [0, 0.05) is 22.6 Å². The molecule has 0 aliphatic heterocycles. The number of hydrogen-bond acceptors (Lipinski definition) is 4. The molecule has 2 aromatic carbocycles. The topological polar surface area (TPSA) is 49.8 Å². The Morgan fingerprint density at radius 3 is 2.21 bits per heavy atom. The first kappa shape index (κ1) is 20.9. The fraction of sp³-hybridized carbons (Fsp3) is 0.238. The van der Waals surface area contributed by atoms with Crippen LogP contribution in [-0.4, -0.2) is 9.97 Å². The molecule has 4 nitrogen and oxygen atoms in total. The van der Waals surface area contributed by atoms with Gasteiger partial charge in [-0.2, -0.15) is 18.2 Å². The minimum Gasteiger partial charge on any atom is -0.340 e. The maximum Gasteiger partial charge on any atom is 0.421 e. The summed E-state index contributed by atoms with van der Waals surface area (Å²) >= 11 is 5.85. The second kappa shape index (κ2) is 7.91. The van der Waals surface area contributed by atoms with Gasteiger partial charge in [-0.25, -0.2) is 4.98 Å². The smallest absolute Gasteiger partial charge is 0.340 e. The van der Waals surface area contributed by atoms with E-state index in [0.29, 0.717) is 16.4 Å². The summed E-state index contributed by atoms with van der Waals surface area (Å²) in [6, 6.07) is 13.9. The number of rotatable bonds is 4. The number of anilines is 4. The third kappa shape index (κ3) is 5.38. The first-order valence-electron chi connectivity index (χ1n) is 8.87. The first-order valence-corrected chi connectivity index (χ1v) is 9.24. The lowest BCUT2D eigenvalue weighted by Gasteiger charge is -2.20. The second-order valence-corrected chi connectivity index (χ2v) is 7.98. The predicted octanol–water partition coefficient (Wildman–Crippen LogP) is 6.93. The zero-order valence-electron chi connectivity index (χ0n) is 16.1. The van der Waals surface area contributed by atoms with Crippen molar-refractivity contribution in [2.75, 3.05) is 10.6 Å². The van der Waals surface area contributed by atoms with Gasteiger partial charge in [0.15, 0.2) is 0 Å². The van der Waals surface area contributed by atoms with E-state index < -0.39 is 11.7 Å². The van der Waals surface area contributed by atoms with E-state index in [9.17, 15) is 13.2 Å². The van der Waals surface area contributed by atoms with E-state index >= 15 is 0 Å². The van der Waals surface area contributed by atoms with Gasteiger partial charge in [-0.3, -0.25) is 0 Å². The highest BCUT2D eigenvalue weighted by Gasteiger charge is 2.35. The van der Waals surface area contributed by atoms with Gasteiger partial charge >= 0.3 is 6.18 Å². The quantitative estimate of drug-likeness (QED) is 0.480. The van der Waals surface area contributed by atoms with Crippen LogP contribution in [0.3, 0.4) is 0 Å². The number of benzene rings is 2. The molecule has 0 spiro atoms. The third-order valence-corrected chi connectivity index (χ3v) is 4.44. The van der Waals surface area contributed by atoms with Crippen LogP contribution in [0, 0.1) is 0 Å². The monoisotopic (exact) mass is 420 g/mol. The largest absolute Gasteiger partial charge is 0.421 e. The molecule has 0 bridgehead atoms. The molecule has 3 aromatic rings. The summed E-state index contributed by atoms with van der Waals surface area (Å²) < 4.78 is 40.4. The van der Waals surface area contributed by atoms with Crippen LogP contribution in [0.25, 0.3) is 0 Å². The van der Waals surface area contributed by atoms with Crippen molar-refractivity contribution in [2.45, 2.75) is 32.4 Å².